The molecule has 0 radical (unpaired) electrons. The van der Waals surface area contributed by atoms with E-state index in [1.54, 1.807) is 25.3 Å². The van der Waals surface area contributed by atoms with Crippen molar-refractivity contribution in [2.45, 2.75) is 0 Å². The summed E-state index contributed by atoms with van der Waals surface area (Å²) >= 11 is 5.87. The minimum absolute atomic E-state index is 0.451. The van der Waals surface area contributed by atoms with E-state index in [4.69, 9.17) is 26.8 Å². The van der Waals surface area contributed by atoms with Gasteiger partial charge in [-0.25, -0.2) is 0 Å². The summed E-state index contributed by atoms with van der Waals surface area (Å²) < 4.78 is 10.3. The monoisotopic (exact) mass is 201 g/mol. The van der Waals surface area contributed by atoms with E-state index in [1.807, 2.05) is 0 Å². The second kappa shape index (κ2) is 4.94. The molecule has 4 heteroatoms. The summed E-state index contributed by atoms with van der Waals surface area (Å²) in [5.41, 5.74) is 5.30. The number of hydrogen-bond acceptors (Lipinski definition) is 3. The topological polar surface area (TPSA) is 44.5 Å². The van der Waals surface area contributed by atoms with Gasteiger partial charge in [0, 0.05) is 12.6 Å². The number of benzene rings is 1. The number of halogens is 1. The summed E-state index contributed by atoms with van der Waals surface area (Å²) in [7, 11) is 1.59. The molecule has 0 saturated carbocycles. The van der Waals surface area contributed by atoms with Gasteiger partial charge in [-0.15, -0.1) is 0 Å². The molecule has 2 N–H and O–H groups in total. The molecule has 0 saturated heterocycles. The van der Waals surface area contributed by atoms with E-state index < -0.39 is 0 Å². The third kappa shape index (κ3) is 2.79. The van der Waals surface area contributed by atoms with Gasteiger partial charge in [-0.05, 0) is 12.1 Å². The maximum absolute atomic E-state index is 5.87. The van der Waals surface area contributed by atoms with Crippen molar-refractivity contribution in [3.05, 3.63) is 23.2 Å². The highest BCUT2D eigenvalue weighted by Crippen LogP contribution is 2.28. The summed E-state index contributed by atoms with van der Waals surface area (Å²) in [6, 6.07) is 5.24. The lowest BCUT2D eigenvalue weighted by atomic mass is 10.3. The van der Waals surface area contributed by atoms with E-state index in [0.29, 0.717) is 23.9 Å². The molecule has 1 rings (SSSR count). The molecular formula is C9H12ClNO2. The summed E-state index contributed by atoms with van der Waals surface area (Å²) in [5.74, 6) is 1.32. The Morgan fingerprint density at radius 1 is 1.46 bits per heavy atom. The van der Waals surface area contributed by atoms with Gasteiger partial charge in [0.25, 0.3) is 0 Å². The van der Waals surface area contributed by atoms with Gasteiger partial charge in [0.2, 0.25) is 0 Å². The maximum Gasteiger partial charge on any atom is 0.141 e. The Bertz CT molecular complexity index is 278. The van der Waals surface area contributed by atoms with Gasteiger partial charge in [-0.2, -0.15) is 0 Å². The Kier molecular flexibility index (Phi) is 3.86. The quantitative estimate of drug-likeness (QED) is 0.806. The molecule has 0 spiro atoms. The fourth-order valence-electron chi connectivity index (χ4n) is 0.890. The second-order valence-corrected chi connectivity index (χ2v) is 2.84. The fraction of sp³-hybridized carbons (Fsp3) is 0.333. The van der Waals surface area contributed by atoms with Gasteiger partial charge < -0.3 is 15.2 Å². The van der Waals surface area contributed by atoms with Crippen molar-refractivity contribution in [1.82, 2.24) is 0 Å². The number of rotatable bonds is 4. The third-order valence-electron chi connectivity index (χ3n) is 1.51. The van der Waals surface area contributed by atoms with Crippen molar-refractivity contribution in [1.29, 1.82) is 0 Å². The molecule has 0 amide bonds. The number of nitrogens with two attached hydrogens (primary N) is 1. The minimum atomic E-state index is 0.451. The molecule has 0 fully saturated rings. The molecule has 3 nitrogen and oxygen atoms in total. The molecule has 1 aromatic carbocycles. The molecule has 0 aromatic heterocycles. The summed E-state index contributed by atoms with van der Waals surface area (Å²) in [4.78, 5) is 0. The van der Waals surface area contributed by atoms with E-state index in [2.05, 4.69) is 0 Å². The van der Waals surface area contributed by atoms with Crippen LogP contribution in [0.5, 0.6) is 11.5 Å². The van der Waals surface area contributed by atoms with Crippen LogP contribution in [0.25, 0.3) is 0 Å². The molecule has 13 heavy (non-hydrogen) atoms. The van der Waals surface area contributed by atoms with E-state index in [9.17, 15) is 0 Å². The Hall–Kier alpha value is -0.930. The lowest BCUT2D eigenvalue weighted by molar-refractivity contribution is 0.325. The van der Waals surface area contributed by atoms with Crippen molar-refractivity contribution in [3.8, 4) is 11.5 Å². The Morgan fingerprint density at radius 3 is 2.85 bits per heavy atom. The van der Waals surface area contributed by atoms with Crippen LogP contribution < -0.4 is 15.2 Å². The van der Waals surface area contributed by atoms with Crippen LogP contribution in [0.2, 0.25) is 5.02 Å². The molecule has 0 bridgehead atoms. The van der Waals surface area contributed by atoms with Crippen molar-refractivity contribution in [2.75, 3.05) is 20.3 Å². The SMILES string of the molecule is COc1ccc(Cl)c(OCCN)c1. The van der Waals surface area contributed by atoms with Gasteiger partial charge in [-0.1, -0.05) is 11.6 Å². The van der Waals surface area contributed by atoms with Crippen molar-refractivity contribution in [3.63, 3.8) is 0 Å². The summed E-state index contributed by atoms with van der Waals surface area (Å²) in [5, 5.41) is 0.564. The average molecular weight is 202 g/mol. The van der Waals surface area contributed by atoms with Crippen LogP contribution in [0.4, 0.5) is 0 Å². The number of methoxy groups -OCH3 is 1. The molecule has 72 valence electrons. The first kappa shape index (κ1) is 10.2. The largest absolute Gasteiger partial charge is 0.497 e. The lowest BCUT2D eigenvalue weighted by Gasteiger charge is -2.08. The van der Waals surface area contributed by atoms with Crippen molar-refractivity contribution >= 4 is 11.6 Å². The second-order valence-electron chi connectivity index (χ2n) is 2.43. The van der Waals surface area contributed by atoms with E-state index in [-0.39, 0.29) is 0 Å². The van der Waals surface area contributed by atoms with Crippen LogP contribution in [-0.2, 0) is 0 Å². The van der Waals surface area contributed by atoms with E-state index in [1.165, 1.54) is 0 Å². The predicted octanol–water partition coefficient (Wildman–Crippen LogP) is 1.69. The van der Waals surface area contributed by atoms with E-state index in [0.717, 1.165) is 5.75 Å². The summed E-state index contributed by atoms with van der Waals surface area (Å²) in [6.45, 7) is 0.917. The molecule has 0 heterocycles. The van der Waals surface area contributed by atoms with Gasteiger partial charge in [0.05, 0.1) is 12.1 Å². The summed E-state index contributed by atoms with van der Waals surface area (Å²) in [6.07, 6.45) is 0. The normalized spacial score (nSPS) is 9.77. The first-order chi connectivity index (χ1) is 6.27. The number of ether oxygens (including phenoxy) is 2. The molecular weight excluding hydrogens is 190 g/mol. The molecule has 0 aliphatic heterocycles. The van der Waals surface area contributed by atoms with Crippen LogP contribution in [0.1, 0.15) is 0 Å². The van der Waals surface area contributed by atoms with Gasteiger partial charge in [0.15, 0.2) is 0 Å². The van der Waals surface area contributed by atoms with Gasteiger partial charge in [-0.3, -0.25) is 0 Å². The zero-order valence-electron chi connectivity index (χ0n) is 7.42. The van der Waals surface area contributed by atoms with Crippen molar-refractivity contribution < 1.29 is 9.47 Å². The average Bonchev–Trinajstić information content (AvgIpc) is 2.17. The van der Waals surface area contributed by atoms with Crippen LogP contribution >= 0.6 is 11.6 Å². The van der Waals surface area contributed by atoms with Gasteiger partial charge in [0.1, 0.15) is 18.1 Å². The molecule has 0 aliphatic rings. The van der Waals surface area contributed by atoms with Crippen LogP contribution in [0.15, 0.2) is 18.2 Å². The zero-order valence-corrected chi connectivity index (χ0v) is 8.17. The van der Waals surface area contributed by atoms with Crippen molar-refractivity contribution in [2.24, 2.45) is 5.73 Å². The molecule has 1 aromatic rings. The Labute approximate surface area is 82.4 Å². The predicted molar refractivity (Wildman–Crippen MR) is 52.6 cm³/mol. The van der Waals surface area contributed by atoms with Crippen LogP contribution in [0.3, 0.4) is 0 Å². The highest BCUT2D eigenvalue weighted by Gasteiger charge is 2.02. The van der Waals surface area contributed by atoms with Gasteiger partial charge >= 0.3 is 0 Å². The number of hydrogen-bond donors (Lipinski definition) is 1. The first-order valence-electron chi connectivity index (χ1n) is 3.94. The minimum Gasteiger partial charge on any atom is -0.497 e. The zero-order chi connectivity index (χ0) is 9.68. The highest BCUT2D eigenvalue weighted by atomic mass is 35.5. The van der Waals surface area contributed by atoms with Crippen LogP contribution in [0, 0.1) is 0 Å². The van der Waals surface area contributed by atoms with Crippen LogP contribution in [-0.4, -0.2) is 20.3 Å². The first-order valence-corrected chi connectivity index (χ1v) is 4.32. The molecule has 0 unspecified atom stereocenters. The third-order valence-corrected chi connectivity index (χ3v) is 1.83. The van der Waals surface area contributed by atoms with E-state index >= 15 is 0 Å². The standard InChI is InChI=1S/C9H12ClNO2/c1-12-7-2-3-8(10)9(6-7)13-5-4-11/h2-3,6H,4-5,11H2,1H3. The molecule has 0 aliphatic carbocycles. The Balaban J connectivity index is 2.78. The smallest absolute Gasteiger partial charge is 0.141 e. The fourth-order valence-corrected chi connectivity index (χ4v) is 1.06. The highest BCUT2D eigenvalue weighted by molar-refractivity contribution is 6.32. The Morgan fingerprint density at radius 2 is 2.23 bits per heavy atom. The lowest BCUT2D eigenvalue weighted by Crippen LogP contribution is -2.10. The maximum atomic E-state index is 5.87. The molecule has 0 atom stereocenters.